The van der Waals surface area contributed by atoms with Crippen LogP contribution in [0.2, 0.25) is 0 Å². The predicted molar refractivity (Wildman–Crippen MR) is 61.7 cm³/mol. The molecule has 0 amide bonds. The third kappa shape index (κ3) is 1.80. The number of hydrogen-bond acceptors (Lipinski definition) is 3. The summed E-state index contributed by atoms with van der Waals surface area (Å²) in [6, 6.07) is 7.90. The summed E-state index contributed by atoms with van der Waals surface area (Å²) < 4.78 is 21.7. The lowest BCUT2D eigenvalue weighted by Crippen LogP contribution is -2.02. The number of nitrogens with one attached hydrogen (secondary N) is 1. The zero-order valence-corrected chi connectivity index (χ0v) is 8.86. The third-order valence-corrected chi connectivity index (χ3v) is 2.59. The fraction of sp³-hybridized carbons (Fsp3) is 0. The number of fused-ring (bicyclic) bond motifs is 1. The van der Waals surface area contributed by atoms with Crippen molar-refractivity contribution < 1.29 is 19.0 Å². The van der Waals surface area contributed by atoms with E-state index in [1.807, 2.05) is 0 Å². The third-order valence-electron chi connectivity index (χ3n) is 2.19. The lowest BCUT2D eigenvalue weighted by atomic mass is 10.1. The van der Waals surface area contributed by atoms with E-state index in [-0.39, 0.29) is 17.2 Å². The van der Waals surface area contributed by atoms with Crippen molar-refractivity contribution in [1.82, 2.24) is 0 Å². The second-order valence-corrected chi connectivity index (χ2v) is 3.89. The van der Waals surface area contributed by atoms with Crippen LogP contribution in [0, 0.1) is 0 Å². The van der Waals surface area contributed by atoms with Crippen LogP contribution in [-0.2, 0) is 11.3 Å². The summed E-state index contributed by atoms with van der Waals surface area (Å²) in [5, 5.41) is 20.0. The van der Waals surface area contributed by atoms with E-state index in [1.165, 1.54) is 6.07 Å². The van der Waals surface area contributed by atoms with Crippen LogP contribution in [-0.4, -0.2) is 19.0 Å². The molecule has 0 aromatic heterocycles. The fourth-order valence-electron chi connectivity index (χ4n) is 1.52. The van der Waals surface area contributed by atoms with Gasteiger partial charge in [0.25, 0.3) is 11.3 Å². The van der Waals surface area contributed by atoms with Gasteiger partial charge in [-0.3, -0.25) is 9.27 Å². The van der Waals surface area contributed by atoms with E-state index in [0.717, 1.165) is 0 Å². The molecular weight excluding hydrogens is 230 g/mol. The number of aromatic hydroxyl groups is 2. The molecule has 1 atom stereocenters. The molecule has 0 aliphatic rings. The predicted octanol–water partition coefficient (Wildman–Crippen LogP) is 1.80. The Labute approximate surface area is 93.8 Å². The van der Waals surface area contributed by atoms with Gasteiger partial charge in [0.2, 0.25) is 0 Å². The standard InChI is InChI=1S/C10H9NO4S/c12-9-5-8(11-16(14)15)6-3-1-2-4-7(6)10(9)13/h1-5,11-13H,(H,14,15). The highest BCUT2D eigenvalue weighted by Gasteiger charge is 2.10. The molecule has 84 valence electrons. The lowest BCUT2D eigenvalue weighted by Gasteiger charge is -2.09. The summed E-state index contributed by atoms with van der Waals surface area (Å²) in [4.78, 5) is 0. The second kappa shape index (κ2) is 3.99. The average molecular weight is 239 g/mol. The van der Waals surface area contributed by atoms with Crippen molar-refractivity contribution >= 4 is 27.7 Å². The number of hydrogen-bond donors (Lipinski definition) is 4. The molecule has 0 bridgehead atoms. The molecule has 16 heavy (non-hydrogen) atoms. The first-order chi connectivity index (χ1) is 7.59. The molecule has 2 aromatic carbocycles. The monoisotopic (exact) mass is 239 g/mol. The van der Waals surface area contributed by atoms with Crippen molar-refractivity contribution in [1.29, 1.82) is 0 Å². The highest BCUT2D eigenvalue weighted by Crippen LogP contribution is 2.38. The summed E-state index contributed by atoms with van der Waals surface area (Å²) in [6.45, 7) is 0. The summed E-state index contributed by atoms with van der Waals surface area (Å²) in [5.74, 6) is -0.587. The minimum atomic E-state index is -2.23. The molecule has 0 radical (unpaired) electrons. The Morgan fingerprint density at radius 1 is 1.12 bits per heavy atom. The number of phenols is 2. The van der Waals surface area contributed by atoms with Crippen molar-refractivity contribution in [2.24, 2.45) is 0 Å². The van der Waals surface area contributed by atoms with E-state index < -0.39 is 11.3 Å². The lowest BCUT2D eigenvalue weighted by molar-refractivity contribution is 0.408. The molecule has 2 rings (SSSR count). The van der Waals surface area contributed by atoms with E-state index in [0.29, 0.717) is 10.8 Å². The van der Waals surface area contributed by atoms with Gasteiger partial charge in [0.15, 0.2) is 11.5 Å². The Kier molecular flexibility index (Phi) is 2.67. The number of phenolic OH excluding ortho intramolecular Hbond substituents is 2. The molecule has 0 heterocycles. The Bertz CT molecular complexity index is 570. The van der Waals surface area contributed by atoms with Gasteiger partial charge in [0, 0.05) is 16.8 Å². The molecule has 5 nitrogen and oxygen atoms in total. The maximum atomic E-state index is 10.7. The van der Waals surface area contributed by atoms with Gasteiger partial charge in [0.1, 0.15) is 0 Å². The molecule has 0 fully saturated rings. The van der Waals surface area contributed by atoms with E-state index in [2.05, 4.69) is 4.72 Å². The van der Waals surface area contributed by atoms with Crippen LogP contribution in [0.15, 0.2) is 30.3 Å². The summed E-state index contributed by atoms with van der Waals surface area (Å²) in [6.07, 6.45) is 0. The summed E-state index contributed by atoms with van der Waals surface area (Å²) >= 11 is -2.23. The first-order valence-electron chi connectivity index (χ1n) is 4.41. The van der Waals surface area contributed by atoms with Gasteiger partial charge < -0.3 is 10.2 Å². The first kappa shape index (κ1) is 10.7. The quantitative estimate of drug-likeness (QED) is 0.365. The van der Waals surface area contributed by atoms with Gasteiger partial charge in [-0.25, -0.2) is 4.21 Å². The van der Waals surface area contributed by atoms with Crippen molar-refractivity contribution in [2.75, 3.05) is 4.72 Å². The van der Waals surface area contributed by atoms with E-state index in [4.69, 9.17) is 4.55 Å². The van der Waals surface area contributed by atoms with Gasteiger partial charge in [-0.15, -0.1) is 0 Å². The molecule has 6 heteroatoms. The highest BCUT2D eigenvalue weighted by atomic mass is 32.2. The zero-order chi connectivity index (χ0) is 11.7. The van der Waals surface area contributed by atoms with E-state index in [1.54, 1.807) is 24.3 Å². The summed E-state index contributed by atoms with van der Waals surface area (Å²) in [5.41, 5.74) is 0.284. The Hall–Kier alpha value is -1.79. The average Bonchev–Trinajstić information content (AvgIpc) is 2.25. The molecule has 4 N–H and O–H groups in total. The normalized spacial score (nSPS) is 12.6. The van der Waals surface area contributed by atoms with Crippen LogP contribution in [0.1, 0.15) is 0 Å². The molecule has 0 saturated heterocycles. The second-order valence-electron chi connectivity index (χ2n) is 3.19. The zero-order valence-electron chi connectivity index (χ0n) is 8.04. The Morgan fingerprint density at radius 3 is 2.38 bits per heavy atom. The van der Waals surface area contributed by atoms with Crippen LogP contribution in [0.4, 0.5) is 5.69 Å². The maximum Gasteiger partial charge on any atom is 0.259 e. The molecule has 0 aliphatic heterocycles. The van der Waals surface area contributed by atoms with Gasteiger partial charge in [-0.2, -0.15) is 0 Å². The molecular formula is C10H9NO4S. The molecule has 0 spiro atoms. The van der Waals surface area contributed by atoms with Crippen molar-refractivity contribution in [2.45, 2.75) is 0 Å². The van der Waals surface area contributed by atoms with Crippen LogP contribution in [0.3, 0.4) is 0 Å². The smallest absolute Gasteiger partial charge is 0.259 e. The first-order valence-corrected chi connectivity index (χ1v) is 5.51. The van der Waals surface area contributed by atoms with Gasteiger partial charge in [-0.05, 0) is 0 Å². The fourth-order valence-corrected chi connectivity index (χ4v) is 1.88. The summed E-state index contributed by atoms with van der Waals surface area (Å²) in [7, 11) is 0. The minimum Gasteiger partial charge on any atom is -0.504 e. The number of benzene rings is 2. The minimum absolute atomic E-state index is 0.245. The van der Waals surface area contributed by atoms with Crippen LogP contribution in [0.5, 0.6) is 11.5 Å². The highest BCUT2D eigenvalue weighted by molar-refractivity contribution is 7.80. The maximum absolute atomic E-state index is 10.7. The van der Waals surface area contributed by atoms with Crippen LogP contribution >= 0.6 is 0 Å². The molecule has 0 saturated carbocycles. The van der Waals surface area contributed by atoms with Gasteiger partial charge >= 0.3 is 0 Å². The van der Waals surface area contributed by atoms with Crippen LogP contribution in [0.25, 0.3) is 10.8 Å². The van der Waals surface area contributed by atoms with Crippen molar-refractivity contribution in [3.05, 3.63) is 30.3 Å². The van der Waals surface area contributed by atoms with E-state index >= 15 is 0 Å². The van der Waals surface area contributed by atoms with Gasteiger partial charge in [-0.1, -0.05) is 24.3 Å². The number of anilines is 1. The van der Waals surface area contributed by atoms with Crippen molar-refractivity contribution in [3.63, 3.8) is 0 Å². The van der Waals surface area contributed by atoms with Gasteiger partial charge in [0.05, 0.1) is 5.69 Å². The molecule has 2 aromatic rings. The molecule has 1 unspecified atom stereocenters. The Morgan fingerprint density at radius 2 is 1.75 bits per heavy atom. The molecule has 0 aliphatic carbocycles. The largest absolute Gasteiger partial charge is 0.504 e. The van der Waals surface area contributed by atoms with Crippen LogP contribution < -0.4 is 4.72 Å². The number of rotatable bonds is 2. The Balaban J connectivity index is 2.74. The van der Waals surface area contributed by atoms with Crippen molar-refractivity contribution in [3.8, 4) is 11.5 Å². The van der Waals surface area contributed by atoms with E-state index in [9.17, 15) is 14.4 Å². The topological polar surface area (TPSA) is 89.8 Å². The SMILES string of the molecule is O=S(O)Nc1cc(O)c(O)c2ccccc12.